The summed E-state index contributed by atoms with van der Waals surface area (Å²) in [6.45, 7) is 0. The summed E-state index contributed by atoms with van der Waals surface area (Å²) in [4.78, 5) is 19.2. The van der Waals surface area contributed by atoms with E-state index in [0.717, 1.165) is 27.8 Å². The molecule has 1 amide bonds. The van der Waals surface area contributed by atoms with Crippen molar-refractivity contribution < 1.29 is 4.79 Å². The molecule has 4 aromatic rings. The number of aromatic amines is 1. The van der Waals surface area contributed by atoms with Gasteiger partial charge in [0.15, 0.2) is 0 Å². The van der Waals surface area contributed by atoms with Crippen LogP contribution in [0.15, 0.2) is 60.7 Å². The summed E-state index contributed by atoms with van der Waals surface area (Å²) in [5.41, 5.74) is 8.45. The number of amides is 1. The van der Waals surface area contributed by atoms with Gasteiger partial charge in [-0.1, -0.05) is 42.5 Å². The van der Waals surface area contributed by atoms with Crippen LogP contribution in [0.4, 0.5) is 0 Å². The van der Waals surface area contributed by atoms with Gasteiger partial charge in [0.2, 0.25) is 5.91 Å². The van der Waals surface area contributed by atoms with Crippen molar-refractivity contribution in [2.24, 2.45) is 5.73 Å². The van der Waals surface area contributed by atoms with Crippen LogP contribution in [0.25, 0.3) is 33.2 Å². The van der Waals surface area contributed by atoms with Crippen LogP contribution in [0, 0.1) is 0 Å². The summed E-state index contributed by atoms with van der Waals surface area (Å²) < 4.78 is 0. The average Bonchev–Trinajstić information content (AvgIpc) is 2.97. The first-order chi connectivity index (χ1) is 10.7. The van der Waals surface area contributed by atoms with Crippen LogP contribution in [0.3, 0.4) is 0 Å². The Bertz CT molecular complexity index is 1010. The Morgan fingerprint density at radius 2 is 1.82 bits per heavy atom. The molecule has 0 fully saturated rings. The average molecular weight is 287 g/mol. The molecule has 3 N–H and O–H groups in total. The summed E-state index contributed by atoms with van der Waals surface area (Å²) >= 11 is 0. The number of nitrogens with two attached hydrogens (primary N) is 1. The van der Waals surface area contributed by atoms with Crippen LogP contribution in [0.1, 0.15) is 10.4 Å². The molecule has 0 radical (unpaired) electrons. The number of imidazole rings is 1. The molecule has 106 valence electrons. The molecule has 3 aromatic carbocycles. The number of primary amides is 1. The number of aromatic nitrogens is 2. The minimum Gasteiger partial charge on any atom is -0.366 e. The van der Waals surface area contributed by atoms with Gasteiger partial charge in [-0.25, -0.2) is 4.98 Å². The molecule has 4 nitrogen and oxygen atoms in total. The SMILES string of the molecule is NC(=O)c1ccc2nc(-c3cccc4ccccc34)[nH]c2c1. The minimum atomic E-state index is -0.441. The molecule has 0 aliphatic carbocycles. The topological polar surface area (TPSA) is 71.8 Å². The second kappa shape index (κ2) is 4.70. The van der Waals surface area contributed by atoms with Crippen LogP contribution in [0.5, 0.6) is 0 Å². The number of H-pyrrole nitrogens is 1. The lowest BCUT2D eigenvalue weighted by Crippen LogP contribution is -2.10. The summed E-state index contributed by atoms with van der Waals surface area (Å²) in [6.07, 6.45) is 0. The highest BCUT2D eigenvalue weighted by molar-refractivity contribution is 5.98. The second-order valence-corrected chi connectivity index (χ2v) is 5.21. The smallest absolute Gasteiger partial charge is 0.248 e. The van der Waals surface area contributed by atoms with E-state index in [4.69, 9.17) is 5.73 Å². The lowest BCUT2D eigenvalue weighted by atomic mass is 10.0. The first kappa shape index (κ1) is 12.6. The molecular weight excluding hydrogens is 274 g/mol. The molecule has 0 saturated heterocycles. The highest BCUT2D eigenvalue weighted by Gasteiger charge is 2.10. The van der Waals surface area contributed by atoms with E-state index in [2.05, 4.69) is 28.2 Å². The van der Waals surface area contributed by atoms with E-state index in [1.165, 1.54) is 5.39 Å². The first-order valence-electron chi connectivity index (χ1n) is 7.00. The fourth-order valence-electron chi connectivity index (χ4n) is 2.72. The number of hydrogen-bond donors (Lipinski definition) is 2. The highest BCUT2D eigenvalue weighted by atomic mass is 16.1. The van der Waals surface area contributed by atoms with Gasteiger partial charge in [0.05, 0.1) is 11.0 Å². The molecule has 1 heterocycles. The maximum absolute atomic E-state index is 11.3. The lowest BCUT2D eigenvalue weighted by Gasteiger charge is -2.03. The number of nitrogens with one attached hydrogen (secondary N) is 1. The van der Waals surface area contributed by atoms with Crippen molar-refractivity contribution >= 4 is 27.7 Å². The lowest BCUT2D eigenvalue weighted by molar-refractivity contribution is 0.100. The van der Waals surface area contributed by atoms with Gasteiger partial charge >= 0.3 is 0 Å². The van der Waals surface area contributed by atoms with E-state index in [0.29, 0.717) is 5.56 Å². The first-order valence-corrected chi connectivity index (χ1v) is 7.00. The van der Waals surface area contributed by atoms with Crippen molar-refractivity contribution in [3.05, 3.63) is 66.2 Å². The van der Waals surface area contributed by atoms with Gasteiger partial charge in [0, 0.05) is 11.1 Å². The Labute approximate surface area is 126 Å². The van der Waals surface area contributed by atoms with Gasteiger partial charge in [-0.2, -0.15) is 0 Å². The van der Waals surface area contributed by atoms with E-state index in [-0.39, 0.29) is 0 Å². The zero-order chi connectivity index (χ0) is 15.1. The van der Waals surface area contributed by atoms with E-state index < -0.39 is 5.91 Å². The predicted octanol–water partition coefficient (Wildman–Crippen LogP) is 3.48. The molecule has 4 heteroatoms. The Morgan fingerprint density at radius 3 is 2.68 bits per heavy atom. The van der Waals surface area contributed by atoms with Gasteiger partial charge < -0.3 is 10.7 Å². The summed E-state index contributed by atoms with van der Waals surface area (Å²) in [5, 5.41) is 2.30. The Morgan fingerprint density at radius 1 is 1.00 bits per heavy atom. The van der Waals surface area contributed by atoms with Crippen LogP contribution in [-0.4, -0.2) is 15.9 Å². The Hall–Kier alpha value is -3.14. The maximum atomic E-state index is 11.3. The van der Waals surface area contributed by atoms with Gasteiger partial charge in [0.25, 0.3) is 0 Å². The van der Waals surface area contributed by atoms with Crippen molar-refractivity contribution in [3.8, 4) is 11.4 Å². The zero-order valence-corrected chi connectivity index (χ0v) is 11.7. The normalized spacial score (nSPS) is 11.1. The third-order valence-electron chi connectivity index (χ3n) is 3.81. The number of hydrogen-bond acceptors (Lipinski definition) is 2. The van der Waals surface area contributed by atoms with Crippen molar-refractivity contribution in [1.82, 2.24) is 9.97 Å². The fraction of sp³-hybridized carbons (Fsp3) is 0. The largest absolute Gasteiger partial charge is 0.366 e. The molecule has 1 aromatic heterocycles. The van der Waals surface area contributed by atoms with Gasteiger partial charge in [-0.3, -0.25) is 4.79 Å². The molecule has 4 rings (SSSR count). The van der Waals surface area contributed by atoms with Crippen LogP contribution in [-0.2, 0) is 0 Å². The summed E-state index contributed by atoms with van der Waals surface area (Å²) in [7, 11) is 0. The van der Waals surface area contributed by atoms with Crippen molar-refractivity contribution in [3.63, 3.8) is 0 Å². The molecule has 0 unspecified atom stereocenters. The predicted molar refractivity (Wildman–Crippen MR) is 87.6 cm³/mol. The molecule has 0 bridgehead atoms. The van der Waals surface area contributed by atoms with Crippen molar-refractivity contribution in [2.45, 2.75) is 0 Å². The number of nitrogens with zero attached hydrogens (tertiary/aromatic N) is 1. The number of benzene rings is 3. The Kier molecular flexibility index (Phi) is 2.69. The monoisotopic (exact) mass is 287 g/mol. The third-order valence-corrected chi connectivity index (χ3v) is 3.81. The second-order valence-electron chi connectivity index (χ2n) is 5.21. The molecule has 0 spiro atoms. The van der Waals surface area contributed by atoms with E-state index >= 15 is 0 Å². The molecule has 0 atom stereocenters. The number of fused-ring (bicyclic) bond motifs is 2. The van der Waals surface area contributed by atoms with E-state index in [1.54, 1.807) is 18.2 Å². The summed E-state index contributed by atoms with van der Waals surface area (Å²) in [5.74, 6) is 0.344. The zero-order valence-electron chi connectivity index (χ0n) is 11.7. The molecule has 0 aliphatic heterocycles. The fourth-order valence-corrected chi connectivity index (χ4v) is 2.72. The standard InChI is InChI=1S/C18H13N3O/c19-17(22)12-8-9-15-16(10-12)21-18(20-15)14-7-3-5-11-4-1-2-6-13(11)14/h1-10H,(H2,19,22)(H,20,21). The number of carbonyl (C=O) groups is 1. The van der Waals surface area contributed by atoms with Gasteiger partial charge in [-0.05, 0) is 29.0 Å². The number of carbonyl (C=O) groups excluding carboxylic acids is 1. The van der Waals surface area contributed by atoms with Crippen molar-refractivity contribution in [2.75, 3.05) is 0 Å². The van der Waals surface area contributed by atoms with E-state index in [1.807, 2.05) is 24.3 Å². The molecule has 22 heavy (non-hydrogen) atoms. The van der Waals surface area contributed by atoms with Crippen LogP contribution >= 0.6 is 0 Å². The molecular formula is C18H13N3O. The highest BCUT2D eigenvalue weighted by Crippen LogP contribution is 2.28. The summed E-state index contributed by atoms with van der Waals surface area (Å²) in [6, 6.07) is 19.5. The van der Waals surface area contributed by atoms with E-state index in [9.17, 15) is 4.79 Å². The molecule has 0 aliphatic rings. The maximum Gasteiger partial charge on any atom is 0.248 e. The quantitative estimate of drug-likeness (QED) is 0.592. The van der Waals surface area contributed by atoms with Crippen LogP contribution < -0.4 is 5.73 Å². The van der Waals surface area contributed by atoms with Gasteiger partial charge in [0.1, 0.15) is 5.82 Å². The minimum absolute atomic E-state index is 0.441. The third kappa shape index (κ3) is 1.93. The Balaban J connectivity index is 1.95. The van der Waals surface area contributed by atoms with Crippen LogP contribution in [0.2, 0.25) is 0 Å². The number of rotatable bonds is 2. The molecule has 0 saturated carbocycles. The van der Waals surface area contributed by atoms with Gasteiger partial charge in [-0.15, -0.1) is 0 Å². The van der Waals surface area contributed by atoms with Crippen molar-refractivity contribution in [1.29, 1.82) is 0 Å².